The molecule has 3 nitrogen and oxygen atoms in total. The van der Waals surface area contributed by atoms with E-state index in [-0.39, 0.29) is 24.4 Å². The van der Waals surface area contributed by atoms with Gasteiger partial charge in [0.2, 0.25) is 0 Å². The minimum absolute atomic E-state index is 0. The van der Waals surface area contributed by atoms with Gasteiger partial charge in [-0.3, -0.25) is 4.79 Å². The largest absolute Gasteiger partial charge is 0.349 e. The summed E-state index contributed by atoms with van der Waals surface area (Å²) >= 11 is 1.48. The molecule has 2 rings (SSSR count). The van der Waals surface area contributed by atoms with Gasteiger partial charge >= 0.3 is 0 Å². The van der Waals surface area contributed by atoms with E-state index < -0.39 is 0 Å². The van der Waals surface area contributed by atoms with Crippen LogP contribution in [0.2, 0.25) is 0 Å². The molecule has 0 fully saturated rings. The fraction of sp³-hybridized carbons (Fsp3) is 0.389. The molecule has 0 aliphatic carbocycles. The van der Waals surface area contributed by atoms with E-state index in [1.807, 2.05) is 11.4 Å². The first-order valence-electron chi connectivity index (χ1n) is 7.73. The molecule has 1 atom stereocenters. The van der Waals surface area contributed by atoms with Crippen LogP contribution in [-0.4, -0.2) is 12.5 Å². The van der Waals surface area contributed by atoms with Crippen LogP contribution in [-0.2, 0) is 6.42 Å². The molecule has 1 unspecified atom stereocenters. The van der Waals surface area contributed by atoms with Gasteiger partial charge in [0.25, 0.3) is 5.91 Å². The van der Waals surface area contributed by atoms with Gasteiger partial charge in [0.15, 0.2) is 0 Å². The van der Waals surface area contributed by atoms with Crippen molar-refractivity contribution in [1.82, 2.24) is 5.32 Å². The zero-order valence-electron chi connectivity index (χ0n) is 13.8. The van der Waals surface area contributed by atoms with Crippen LogP contribution in [0.5, 0.6) is 0 Å². The van der Waals surface area contributed by atoms with Crippen LogP contribution in [0, 0.1) is 0 Å². The van der Waals surface area contributed by atoms with E-state index in [9.17, 15) is 4.79 Å². The van der Waals surface area contributed by atoms with Crippen molar-refractivity contribution in [3.8, 4) is 0 Å². The Hall–Kier alpha value is -1.36. The summed E-state index contributed by atoms with van der Waals surface area (Å²) in [5.41, 5.74) is 9.62. The van der Waals surface area contributed by atoms with Crippen LogP contribution >= 0.6 is 23.7 Å². The van der Waals surface area contributed by atoms with Crippen molar-refractivity contribution < 1.29 is 4.79 Å². The van der Waals surface area contributed by atoms with Crippen molar-refractivity contribution in [3.05, 3.63) is 57.3 Å². The second kappa shape index (κ2) is 9.06. The molecule has 23 heavy (non-hydrogen) atoms. The molecule has 3 N–H and O–H groups in total. The number of thiophene rings is 1. The molecule has 0 radical (unpaired) electrons. The molecule has 5 heteroatoms. The second-order valence-electron chi connectivity index (χ2n) is 5.77. The Labute approximate surface area is 148 Å². The summed E-state index contributed by atoms with van der Waals surface area (Å²) in [6, 6.07) is 10.1. The highest BCUT2D eigenvalue weighted by atomic mass is 35.5. The topological polar surface area (TPSA) is 55.1 Å². The lowest BCUT2D eigenvalue weighted by Crippen LogP contribution is -2.31. The fourth-order valence-electron chi connectivity index (χ4n) is 2.34. The molecule has 1 aromatic carbocycles. The number of carbonyl (C=O) groups is 1. The smallest absolute Gasteiger partial charge is 0.261 e. The minimum Gasteiger partial charge on any atom is -0.349 e. The summed E-state index contributed by atoms with van der Waals surface area (Å²) in [6.45, 7) is 6.84. The van der Waals surface area contributed by atoms with E-state index in [0.717, 1.165) is 22.4 Å². The summed E-state index contributed by atoms with van der Waals surface area (Å²) in [4.78, 5) is 13.0. The van der Waals surface area contributed by atoms with Crippen molar-refractivity contribution in [2.75, 3.05) is 6.54 Å². The Kier molecular flexibility index (Phi) is 7.76. The van der Waals surface area contributed by atoms with Crippen LogP contribution < -0.4 is 11.1 Å². The Morgan fingerprint density at radius 3 is 2.35 bits per heavy atom. The summed E-state index contributed by atoms with van der Waals surface area (Å²) in [6.07, 6.45) is 0.870. The number of hydrogen-bond acceptors (Lipinski definition) is 3. The number of hydrogen-bond donors (Lipinski definition) is 2. The minimum atomic E-state index is -0.185. The zero-order chi connectivity index (χ0) is 16.1. The van der Waals surface area contributed by atoms with Crippen molar-refractivity contribution in [1.29, 1.82) is 0 Å². The van der Waals surface area contributed by atoms with E-state index in [0.29, 0.717) is 12.5 Å². The Bertz CT molecular complexity index is 622. The summed E-state index contributed by atoms with van der Waals surface area (Å²) in [5.74, 6) is 0.484. The molecular weight excluding hydrogens is 328 g/mol. The highest BCUT2D eigenvalue weighted by Crippen LogP contribution is 2.19. The van der Waals surface area contributed by atoms with Gasteiger partial charge in [-0.15, -0.1) is 23.7 Å². The third-order valence-corrected chi connectivity index (χ3v) is 4.80. The van der Waals surface area contributed by atoms with Gasteiger partial charge in [-0.25, -0.2) is 0 Å². The average molecular weight is 353 g/mol. The Morgan fingerprint density at radius 2 is 1.78 bits per heavy atom. The van der Waals surface area contributed by atoms with E-state index >= 15 is 0 Å². The van der Waals surface area contributed by atoms with E-state index in [2.05, 4.69) is 50.4 Å². The normalized spacial score (nSPS) is 11.9. The number of amides is 1. The van der Waals surface area contributed by atoms with Crippen LogP contribution in [0.3, 0.4) is 0 Å². The molecule has 1 aromatic heterocycles. The van der Waals surface area contributed by atoms with E-state index in [1.165, 1.54) is 16.9 Å². The summed E-state index contributed by atoms with van der Waals surface area (Å²) in [5, 5.41) is 4.90. The molecule has 126 valence electrons. The molecule has 0 saturated heterocycles. The zero-order valence-corrected chi connectivity index (χ0v) is 15.5. The summed E-state index contributed by atoms with van der Waals surface area (Å²) in [7, 11) is 0. The quantitative estimate of drug-likeness (QED) is 0.815. The number of nitrogens with two attached hydrogens (primary N) is 1. The van der Waals surface area contributed by atoms with Crippen molar-refractivity contribution in [2.24, 2.45) is 5.73 Å². The van der Waals surface area contributed by atoms with Gasteiger partial charge in [-0.2, -0.15) is 0 Å². The van der Waals surface area contributed by atoms with E-state index in [1.54, 1.807) is 0 Å². The highest BCUT2D eigenvalue weighted by molar-refractivity contribution is 7.12. The van der Waals surface area contributed by atoms with Crippen LogP contribution in [0.1, 0.15) is 59.1 Å². The van der Waals surface area contributed by atoms with Crippen LogP contribution in [0.25, 0.3) is 0 Å². The lowest BCUT2D eigenvalue weighted by atomic mass is 9.99. The van der Waals surface area contributed by atoms with Crippen molar-refractivity contribution in [2.45, 2.75) is 39.2 Å². The molecular formula is C18H25ClN2OS. The fourth-order valence-corrected chi connectivity index (χ4v) is 3.25. The molecule has 0 aliphatic heterocycles. The molecule has 1 amide bonds. The van der Waals surface area contributed by atoms with Gasteiger partial charge in [0.1, 0.15) is 0 Å². The van der Waals surface area contributed by atoms with Crippen molar-refractivity contribution in [3.63, 3.8) is 0 Å². The molecule has 2 aromatic rings. The third-order valence-electron chi connectivity index (χ3n) is 3.85. The maximum atomic E-state index is 12.2. The molecule has 0 saturated carbocycles. The Morgan fingerprint density at radius 1 is 1.17 bits per heavy atom. The van der Waals surface area contributed by atoms with Gasteiger partial charge in [-0.05, 0) is 40.5 Å². The van der Waals surface area contributed by atoms with Crippen molar-refractivity contribution >= 4 is 29.7 Å². The molecule has 0 bridgehead atoms. The van der Waals surface area contributed by atoms with Crippen LogP contribution in [0.15, 0.2) is 35.7 Å². The molecule has 1 heterocycles. The van der Waals surface area contributed by atoms with Gasteiger partial charge in [0, 0.05) is 12.6 Å². The van der Waals surface area contributed by atoms with Gasteiger partial charge in [-0.1, -0.05) is 45.0 Å². The average Bonchev–Trinajstić information content (AvgIpc) is 3.01. The number of rotatable bonds is 6. The second-order valence-corrected chi connectivity index (χ2v) is 6.68. The number of benzene rings is 1. The lowest BCUT2D eigenvalue weighted by Gasteiger charge is -2.14. The monoisotopic (exact) mass is 352 g/mol. The molecule has 0 spiro atoms. The Balaban J connectivity index is 0.00000264. The lowest BCUT2D eigenvalue weighted by molar-refractivity contribution is 0.0954. The number of aryl methyl sites for hydroxylation is 1. The maximum Gasteiger partial charge on any atom is 0.261 e. The maximum absolute atomic E-state index is 12.2. The van der Waals surface area contributed by atoms with Gasteiger partial charge < -0.3 is 11.1 Å². The number of nitrogens with one attached hydrogen (secondary N) is 1. The standard InChI is InChI=1S/C18H24N2OS.ClH/c1-4-13-9-10-22-17(13)18(21)20-11-16(19)15-7-5-14(6-8-15)12(2)3;/h5-10,12,16H,4,11,19H2,1-3H3,(H,20,21);1H. The number of halogens is 1. The SMILES string of the molecule is CCc1ccsc1C(=O)NCC(N)c1ccc(C(C)C)cc1.Cl. The first-order valence-corrected chi connectivity index (χ1v) is 8.60. The molecule has 0 aliphatic rings. The summed E-state index contributed by atoms with van der Waals surface area (Å²) < 4.78 is 0. The predicted octanol–water partition coefficient (Wildman–Crippen LogP) is 4.29. The highest BCUT2D eigenvalue weighted by Gasteiger charge is 2.14. The first kappa shape index (κ1) is 19.7. The first-order chi connectivity index (χ1) is 10.5. The predicted molar refractivity (Wildman–Crippen MR) is 101 cm³/mol. The van der Waals surface area contributed by atoms with E-state index in [4.69, 9.17) is 5.73 Å². The van der Waals surface area contributed by atoms with Crippen LogP contribution in [0.4, 0.5) is 0 Å². The number of carbonyl (C=O) groups excluding carboxylic acids is 1. The van der Waals surface area contributed by atoms with Gasteiger partial charge in [0.05, 0.1) is 4.88 Å². The third kappa shape index (κ3) is 5.06.